The van der Waals surface area contributed by atoms with Crippen LogP contribution in [0.3, 0.4) is 0 Å². The molecule has 21 heavy (non-hydrogen) atoms. The number of rotatable bonds is 6. The van der Waals surface area contributed by atoms with E-state index in [1.807, 2.05) is 0 Å². The second-order valence-corrected chi connectivity index (χ2v) is 7.17. The van der Waals surface area contributed by atoms with E-state index in [1.165, 1.54) is 4.31 Å². The van der Waals surface area contributed by atoms with Gasteiger partial charge in [0, 0.05) is 13.1 Å². The van der Waals surface area contributed by atoms with E-state index in [9.17, 15) is 13.2 Å². The fraction of sp³-hybridized carbons (Fsp3) is 0.923. The predicted octanol–water partition coefficient (Wildman–Crippen LogP) is 0.970. The summed E-state index contributed by atoms with van der Waals surface area (Å²) in [5.74, 6) is -0.433. The van der Waals surface area contributed by atoms with Crippen molar-refractivity contribution >= 4 is 16.2 Å². The van der Waals surface area contributed by atoms with Gasteiger partial charge in [0.05, 0.1) is 18.6 Å². The Morgan fingerprint density at radius 3 is 2.38 bits per heavy atom. The van der Waals surface area contributed by atoms with E-state index in [4.69, 9.17) is 9.57 Å². The number of carbonyl (C=O) groups excluding carboxylic acids is 1. The molecule has 1 heterocycles. The minimum Gasteiger partial charge on any atom is -0.466 e. The maximum atomic E-state index is 12.1. The van der Waals surface area contributed by atoms with E-state index < -0.39 is 10.2 Å². The van der Waals surface area contributed by atoms with Crippen LogP contribution in [0.15, 0.2) is 0 Å². The Hall–Kier alpha value is -0.700. The van der Waals surface area contributed by atoms with Gasteiger partial charge < -0.3 is 4.74 Å². The van der Waals surface area contributed by atoms with Crippen molar-refractivity contribution in [1.82, 2.24) is 9.19 Å². The van der Waals surface area contributed by atoms with Crippen molar-refractivity contribution < 1.29 is 22.8 Å². The van der Waals surface area contributed by atoms with Gasteiger partial charge >= 0.3 is 16.2 Å². The van der Waals surface area contributed by atoms with Gasteiger partial charge in [0.1, 0.15) is 0 Å². The molecule has 0 atom stereocenters. The largest absolute Gasteiger partial charge is 0.466 e. The molecule has 1 aliphatic heterocycles. The van der Waals surface area contributed by atoms with Crippen molar-refractivity contribution in [2.24, 2.45) is 5.92 Å². The van der Waals surface area contributed by atoms with Gasteiger partial charge in [-0.05, 0) is 32.6 Å². The Bertz CT molecular complexity index is 439. The maximum Gasteiger partial charge on any atom is 0.309 e. The zero-order valence-electron chi connectivity index (χ0n) is 12.4. The summed E-state index contributed by atoms with van der Waals surface area (Å²) in [6, 6.07) is 0. The highest BCUT2D eigenvalue weighted by Crippen LogP contribution is 2.22. The fourth-order valence-electron chi connectivity index (χ4n) is 2.78. The third-order valence-corrected chi connectivity index (χ3v) is 5.39. The Kier molecular flexibility index (Phi) is 5.98. The minimum atomic E-state index is -3.62. The molecule has 2 rings (SSSR count). The van der Waals surface area contributed by atoms with Gasteiger partial charge in [-0.25, -0.2) is 0 Å². The van der Waals surface area contributed by atoms with Crippen LogP contribution < -0.4 is 4.89 Å². The molecule has 122 valence electrons. The predicted molar refractivity (Wildman–Crippen MR) is 76.3 cm³/mol. The van der Waals surface area contributed by atoms with E-state index in [2.05, 4.69) is 4.89 Å². The first-order valence-electron chi connectivity index (χ1n) is 7.62. The zero-order chi connectivity index (χ0) is 15.3. The zero-order valence-corrected chi connectivity index (χ0v) is 13.2. The summed E-state index contributed by atoms with van der Waals surface area (Å²) in [4.78, 5) is 19.1. The molecule has 2 fully saturated rings. The number of carbonyl (C=O) groups is 1. The van der Waals surface area contributed by atoms with Gasteiger partial charge in [-0.2, -0.15) is 12.7 Å². The molecule has 0 spiro atoms. The average Bonchev–Trinajstić information content (AvgIpc) is 2.99. The highest BCUT2D eigenvalue weighted by Gasteiger charge is 2.32. The molecule has 0 bridgehead atoms. The first-order valence-corrected chi connectivity index (χ1v) is 9.06. The molecule has 0 aromatic heterocycles. The number of nitrogens with zero attached hydrogens (tertiary/aromatic N) is 1. The molecule has 1 aliphatic carbocycles. The van der Waals surface area contributed by atoms with Crippen molar-refractivity contribution in [2.75, 3.05) is 19.7 Å². The highest BCUT2D eigenvalue weighted by atomic mass is 32.2. The quantitative estimate of drug-likeness (QED) is 0.582. The van der Waals surface area contributed by atoms with Crippen molar-refractivity contribution in [1.29, 1.82) is 0 Å². The molecule has 0 unspecified atom stereocenters. The standard InChI is InChI=1S/C13H24N2O5S/c1-2-19-13(16)11-7-9-15(10-8-11)21(17,18)14-20-12-5-3-4-6-12/h11-12,14H,2-10H2,1H3. The molecule has 0 radical (unpaired) electrons. The summed E-state index contributed by atoms with van der Waals surface area (Å²) in [6.07, 6.45) is 4.92. The lowest BCUT2D eigenvalue weighted by Crippen LogP contribution is -2.46. The lowest BCUT2D eigenvalue weighted by atomic mass is 9.98. The normalized spacial score (nSPS) is 22.5. The summed E-state index contributed by atoms with van der Waals surface area (Å²) >= 11 is 0. The van der Waals surface area contributed by atoms with Gasteiger partial charge in [0.25, 0.3) is 0 Å². The van der Waals surface area contributed by atoms with Crippen molar-refractivity contribution in [3.05, 3.63) is 0 Å². The van der Waals surface area contributed by atoms with Gasteiger partial charge in [-0.3, -0.25) is 9.63 Å². The number of nitrogens with one attached hydrogen (secondary N) is 1. The lowest BCUT2D eigenvalue weighted by Gasteiger charge is -2.30. The average molecular weight is 320 g/mol. The SMILES string of the molecule is CCOC(=O)C1CCN(S(=O)(=O)NOC2CCCC2)CC1. The monoisotopic (exact) mass is 320 g/mol. The molecule has 0 aromatic rings. The molecular formula is C13H24N2O5S. The smallest absolute Gasteiger partial charge is 0.309 e. The molecule has 1 saturated carbocycles. The summed E-state index contributed by atoms with van der Waals surface area (Å²) in [7, 11) is -3.62. The molecule has 0 amide bonds. The molecule has 7 nitrogen and oxygen atoms in total. The van der Waals surface area contributed by atoms with E-state index in [-0.39, 0.29) is 18.0 Å². The number of hydrogen-bond acceptors (Lipinski definition) is 5. The van der Waals surface area contributed by atoms with E-state index >= 15 is 0 Å². The van der Waals surface area contributed by atoms with Gasteiger partial charge in [-0.15, -0.1) is 0 Å². The molecular weight excluding hydrogens is 296 g/mol. The van der Waals surface area contributed by atoms with Gasteiger partial charge in [0.2, 0.25) is 0 Å². The summed E-state index contributed by atoms with van der Waals surface area (Å²) in [5, 5.41) is 0. The van der Waals surface area contributed by atoms with Crippen LogP contribution in [0.25, 0.3) is 0 Å². The van der Waals surface area contributed by atoms with Crippen LogP contribution in [-0.2, 0) is 24.6 Å². The van der Waals surface area contributed by atoms with E-state index in [0.717, 1.165) is 25.7 Å². The second kappa shape index (κ2) is 7.53. The van der Waals surface area contributed by atoms with E-state index in [0.29, 0.717) is 32.5 Å². The first kappa shape index (κ1) is 16.7. The Balaban J connectivity index is 1.78. The summed E-state index contributed by atoms with van der Waals surface area (Å²) in [6.45, 7) is 2.75. The summed E-state index contributed by atoms with van der Waals surface area (Å²) in [5.41, 5.74) is 0. The van der Waals surface area contributed by atoms with Crippen LogP contribution >= 0.6 is 0 Å². The Morgan fingerprint density at radius 1 is 1.19 bits per heavy atom. The van der Waals surface area contributed by atoms with Crippen molar-refractivity contribution in [3.8, 4) is 0 Å². The second-order valence-electron chi connectivity index (χ2n) is 5.54. The third kappa shape index (κ3) is 4.64. The van der Waals surface area contributed by atoms with Crippen LogP contribution in [0.4, 0.5) is 0 Å². The third-order valence-electron chi connectivity index (χ3n) is 4.04. The van der Waals surface area contributed by atoms with Crippen molar-refractivity contribution in [2.45, 2.75) is 51.6 Å². The molecule has 2 aliphatic rings. The van der Waals surface area contributed by atoms with Crippen LogP contribution in [0, 0.1) is 5.92 Å². The number of hydrogen-bond donors (Lipinski definition) is 1. The summed E-state index contributed by atoms with van der Waals surface area (Å²) < 4.78 is 30.5. The van der Waals surface area contributed by atoms with Crippen LogP contribution in [0.1, 0.15) is 45.4 Å². The van der Waals surface area contributed by atoms with E-state index in [1.54, 1.807) is 6.92 Å². The molecule has 1 saturated heterocycles. The van der Waals surface area contributed by atoms with Crippen LogP contribution in [-0.4, -0.2) is 44.5 Å². The van der Waals surface area contributed by atoms with Crippen molar-refractivity contribution in [3.63, 3.8) is 0 Å². The Labute approximate surface area is 126 Å². The van der Waals surface area contributed by atoms with Gasteiger partial charge in [-0.1, -0.05) is 17.7 Å². The molecule has 8 heteroatoms. The topological polar surface area (TPSA) is 84.9 Å². The molecule has 0 aromatic carbocycles. The van der Waals surface area contributed by atoms with Gasteiger partial charge in [0.15, 0.2) is 0 Å². The highest BCUT2D eigenvalue weighted by molar-refractivity contribution is 7.87. The first-order chi connectivity index (χ1) is 10.0. The minimum absolute atomic E-state index is 0.0168. The number of piperidine rings is 1. The van der Waals surface area contributed by atoms with Crippen LogP contribution in [0.5, 0.6) is 0 Å². The lowest BCUT2D eigenvalue weighted by molar-refractivity contribution is -0.149. The number of ether oxygens (including phenoxy) is 1. The maximum absolute atomic E-state index is 12.1. The number of esters is 1. The Morgan fingerprint density at radius 2 is 1.81 bits per heavy atom. The fourth-order valence-corrected chi connectivity index (χ4v) is 3.83. The van der Waals surface area contributed by atoms with Crippen LogP contribution in [0.2, 0.25) is 0 Å². The molecule has 1 N–H and O–H groups in total.